The molecule has 3 heterocycles. The molecular weight excluding hydrogens is 445 g/mol. The average molecular weight is 484 g/mol. The highest BCUT2D eigenvalue weighted by Gasteiger charge is 2.23. The van der Waals surface area contributed by atoms with Gasteiger partial charge in [0, 0.05) is 30.9 Å². The van der Waals surface area contributed by atoms with Crippen LogP contribution in [0.5, 0.6) is 5.75 Å². The molecule has 1 saturated heterocycles. The van der Waals surface area contributed by atoms with Crippen molar-refractivity contribution in [3.05, 3.63) is 23.5 Å². The Balaban J connectivity index is 1.33. The van der Waals surface area contributed by atoms with E-state index in [9.17, 15) is 4.39 Å². The normalized spacial score (nSPS) is 20.8. The van der Waals surface area contributed by atoms with Crippen molar-refractivity contribution < 1.29 is 9.13 Å². The Morgan fingerprint density at radius 3 is 2.51 bits per heavy atom. The second kappa shape index (κ2) is 11.4. The topological polar surface area (TPSA) is 87.2 Å². The third-order valence-electron chi connectivity index (χ3n) is 7.52. The minimum Gasteiger partial charge on any atom is -0.490 e. The minimum atomic E-state index is -0.353. The molecule has 1 aromatic carbocycles. The molecule has 1 atom stereocenters. The van der Waals surface area contributed by atoms with E-state index in [-0.39, 0.29) is 5.82 Å². The molecule has 2 aromatic rings. The summed E-state index contributed by atoms with van der Waals surface area (Å²) < 4.78 is 20.2. The Labute approximate surface area is 207 Å². The van der Waals surface area contributed by atoms with Crippen LogP contribution in [0.3, 0.4) is 0 Å². The number of likely N-dealkylation sites (N-methyl/N-ethyl adjacent to an activating group) is 1. The second-order valence-electron chi connectivity index (χ2n) is 10.0. The highest BCUT2D eigenvalue weighted by atomic mass is 19.1. The van der Waals surface area contributed by atoms with Gasteiger partial charge in [-0.3, -0.25) is 4.90 Å². The number of likely N-dealkylation sites (tertiary alicyclic amines) is 1. The first-order chi connectivity index (χ1) is 17.2. The molecule has 1 aliphatic carbocycles. The van der Waals surface area contributed by atoms with Crippen LogP contribution in [0.4, 0.5) is 27.9 Å². The number of rotatable bonds is 9. The van der Waals surface area contributed by atoms with Gasteiger partial charge in [-0.15, -0.1) is 0 Å². The molecule has 9 heteroatoms. The van der Waals surface area contributed by atoms with Crippen molar-refractivity contribution in [2.24, 2.45) is 5.92 Å². The van der Waals surface area contributed by atoms with E-state index >= 15 is 0 Å². The average Bonchev–Trinajstić information content (AvgIpc) is 3.35. The van der Waals surface area contributed by atoms with Gasteiger partial charge < -0.3 is 20.7 Å². The summed E-state index contributed by atoms with van der Waals surface area (Å²) in [6, 6.07) is 3.87. The van der Waals surface area contributed by atoms with Crippen LogP contribution in [-0.2, 0) is 6.42 Å². The number of hydrogen-bond donors (Lipinski definition) is 3. The molecule has 0 amide bonds. The van der Waals surface area contributed by atoms with Gasteiger partial charge in [0.2, 0.25) is 17.8 Å². The van der Waals surface area contributed by atoms with Crippen LogP contribution in [0.25, 0.3) is 0 Å². The Morgan fingerprint density at radius 2 is 1.71 bits per heavy atom. The number of aromatic nitrogens is 3. The van der Waals surface area contributed by atoms with Gasteiger partial charge >= 0.3 is 0 Å². The van der Waals surface area contributed by atoms with Crippen LogP contribution in [-0.4, -0.2) is 58.7 Å². The fourth-order valence-corrected chi connectivity index (χ4v) is 5.60. The van der Waals surface area contributed by atoms with Crippen LogP contribution >= 0.6 is 0 Å². The highest BCUT2D eigenvalue weighted by molar-refractivity contribution is 5.59. The zero-order valence-electron chi connectivity index (χ0n) is 20.8. The van der Waals surface area contributed by atoms with E-state index < -0.39 is 0 Å². The number of hydrogen-bond acceptors (Lipinski definition) is 8. The van der Waals surface area contributed by atoms with E-state index in [4.69, 9.17) is 4.74 Å². The third kappa shape index (κ3) is 6.12. The highest BCUT2D eigenvalue weighted by Crippen LogP contribution is 2.32. The number of ether oxygens (including phenoxy) is 1. The summed E-state index contributed by atoms with van der Waals surface area (Å²) in [4.78, 5) is 16.4. The second-order valence-corrected chi connectivity index (χ2v) is 10.0. The van der Waals surface area contributed by atoms with Crippen molar-refractivity contribution in [2.75, 3.05) is 48.7 Å². The summed E-state index contributed by atoms with van der Waals surface area (Å²) in [6.45, 7) is 6.63. The van der Waals surface area contributed by atoms with Crippen LogP contribution in [0.2, 0.25) is 0 Å². The van der Waals surface area contributed by atoms with Gasteiger partial charge in [-0.1, -0.05) is 26.2 Å². The van der Waals surface area contributed by atoms with E-state index in [1.165, 1.54) is 51.0 Å². The van der Waals surface area contributed by atoms with Gasteiger partial charge in [0.25, 0.3) is 0 Å². The fraction of sp³-hybridized carbons (Fsp3) is 0.654. The largest absolute Gasteiger partial charge is 0.490 e. The van der Waals surface area contributed by atoms with Crippen molar-refractivity contribution in [2.45, 2.75) is 70.8 Å². The molecule has 0 radical (unpaired) electrons. The summed E-state index contributed by atoms with van der Waals surface area (Å²) in [6.07, 6.45) is 10.5. The Hall–Kier alpha value is -2.68. The standard InChI is InChI=1S/C26H38FN7O/c1-2-34-12-6-11-21(34)17-29-25-31-24(28-16-18-8-4-3-5-9-18)32-26(33-25)30-20-14-19-10-7-13-35-23(19)22(27)15-20/h14-15,18,21H,2-13,16-17H2,1H3,(H3,28,29,30,31,32,33). The molecule has 3 N–H and O–H groups in total. The zero-order valence-corrected chi connectivity index (χ0v) is 20.8. The predicted octanol–water partition coefficient (Wildman–Crippen LogP) is 4.97. The first-order valence-corrected chi connectivity index (χ1v) is 13.4. The van der Waals surface area contributed by atoms with Crippen LogP contribution < -0.4 is 20.7 Å². The van der Waals surface area contributed by atoms with E-state index in [1.54, 1.807) is 0 Å². The van der Waals surface area contributed by atoms with Crippen molar-refractivity contribution in [1.29, 1.82) is 0 Å². The van der Waals surface area contributed by atoms with Crippen molar-refractivity contribution in [3.8, 4) is 5.75 Å². The first-order valence-electron chi connectivity index (χ1n) is 13.4. The zero-order chi connectivity index (χ0) is 24.0. The summed E-state index contributed by atoms with van der Waals surface area (Å²) in [5, 5.41) is 10.1. The van der Waals surface area contributed by atoms with Crippen LogP contribution in [0, 0.1) is 11.7 Å². The van der Waals surface area contributed by atoms with Gasteiger partial charge in [0.15, 0.2) is 11.6 Å². The monoisotopic (exact) mass is 483 g/mol. The van der Waals surface area contributed by atoms with E-state index in [1.807, 2.05) is 6.07 Å². The molecule has 3 aliphatic rings. The molecule has 5 rings (SSSR count). The fourth-order valence-electron chi connectivity index (χ4n) is 5.60. The Kier molecular flexibility index (Phi) is 7.81. The number of anilines is 4. The van der Waals surface area contributed by atoms with Gasteiger partial charge in [-0.25, -0.2) is 4.39 Å². The molecule has 1 unspecified atom stereocenters. The molecule has 8 nitrogen and oxygen atoms in total. The van der Waals surface area contributed by atoms with E-state index in [2.05, 4.69) is 42.7 Å². The maximum atomic E-state index is 14.6. The number of nitrogens with zero attached hydrogens (tertiary/aromatic N) is 4. The summed E-state index contributed by atoms with van der Waals surface area (Å²) >= 11 is 0. The van der Waals surface area contributed by atoms with Crippen LogP contribution in [0.15, 0.2) is 12.1 Å². The molecular formula is C26H38FN7O. The molecule has 1 aromatic heterocycles. The summed E-state index contributed by atoms with van der Waals surface area (Å²) in [5.74, 6) is 2.16. The molecule has 190 valence electrons. The van der Waals surface area contributed by atoms with Crippen LogP contribution in [0.1, 0.15) is 63.9 Å². The molecule has 0 spiro atoms. The minimum absolute atomic E-state index is 0.353. The number of aryl methyl sites for hydroxylation is 1. The number of benzene rings is 1. The smallest absolute Gasteiger partial charge is 0.233 e. The lowest BCUT2D eigenvalue weighted by molar-refractivity contribution is 0.273. The maximum absolute atomic E-state index is 14.6. The molecule has 2 aliphatic heterocycles. The Morgan fingerprint density at radius 1 is 0.943 bits per heavy atom. The SMILES string of the molecule is CCN1CCCC1CNc1nc(NCC2CCCCC2)nc(Nc2cc(F)c3c(c2)CCCO3)n1. The van der Waals surface area contributed by atoms with E-state index in [0.29, 0.717) is 47.8 Å². The van der Waals surface area contributed by atoms with E-state index in [0.717, 1.165) is 44.6 Å². The quantitative estimate of drug-likeness (QED) is 0.461. The predicted molar refractivity (Wildman–Crippen MR) is 137 cm³/mol. The van der Waals surface area contributed by atoms with Crippen molar-refractivity contribution in [1.82, 2.24) is 19.9 Å². The third-order valence-corrected chi connectivity index (χ3v) is 7.52. The molecule has 1 saturated carbocycles. The summed E-state index contributed by atoms with van der Waals surface area (Å²) in [7, 11) is 0. The van der Waals surface area contributed by atoms with Gasteiger partial charge in [0.05, 0.1) is 6.61 Å². The molecule has 35 heavy (non-hydrogen) atoms. The maximum Gasteiger partial charge on any atom is 0.233 e. The molecule has 0 bridgehead atoms. The lowest BCUT2D eigenvalue weighted by Crippen LogP contribution is -2.35. The first kappa shape index (κ1) is 24.0. The van der Waals surface area contributed by atoms with Gasteiger partial charge in [-0.2, -0.15) is 15.0 Å². The van der Waals surface area contributed by atoms with Gasteiger partial charge in [-0.05, 0) is 69.2 Å². The Bertz CT molecular complexity index is 998. The lowest BCUT2D eigenvalue weighted by atomic mass is 9.89. The van der Waals surface area contributed by atoms with Crippen molar-refractivity contribution in [3.63, 3.8) is 0 Å². The lowest BCUT2D eigenvalue weighted by Gasteiger charge is -2.23. The summed E-state index contributed by atoms with van der Waals surface area (Å²) in [5.41, 5.74) is 1.50. The number of fused-ring (bicyclic) bond motifs is 1. The van der Waals surface area contributed by atoms with Gasteiger partial charge in [0.1, 0.15) is 0 Å². The number of nitrogens with one attached hydrogen (secondary N) is 3. The number of halogens is 1. The van der Waals surface area contributed by atoms with Crippen molar-refractivity contribution >= 4 is 23.5 Å². The molecule has 2 fully saturated rings.